The van der Waals surface area contributed by atoms with Crippen molar-refractivity contribution in [3.05, 3.63) is 47.5 Å². The predicted octanol–water partition coefficient (Wildman–Crippen LogP) is 2.96. The fourth-order valence-electron chi connectivity index (χ4n) is 3.09. The van der Waals surface area contributed by atoms with Crippen LogP contribution in [0.25, 0.3) is 0 Å². The molecule has 1 aliphatic heterocycles. The number of hydrogen-bond acceptors (Lipinski definition) is 5. The third-order valence-corrected chi connectivity index (χ3v) is 4.62. The highest BCUT2D eigenvalue weighted by molar-refractivity contribution is 6.08. The number of Topliss-reactive ketones (excluding diaryl/α,β-unsaturated/α-hetero) is 1. The predicted molar refractivity (Wildman–Crippen MR) is 105 cm³/mol. The van der Waals surface area contributed by atoms with Crippen LogP contribution in [0.15, 0.2) is 36.4 Å². The van der Waals surface area contributed by atoms with Crippen molar-refractivity contribution in [2.75, 3.05) is 23.9 Å². The van der Waals surface area contributed by atoms with Gasteiger partial charge in [-0.2, -0.15) is 0 Å². The Hall–Kier alpha value is -3.35. The van der Waals surface area contributed by atoms with Crippen molar-refractivity contribution in [2.24, 2.45) is 0 Å². The topological polar surface area (TPSA) is 84.9 Å². The van der Waals surface area contributed by atoms with E-state index >= 15 is 0 Å². The minimum Gasteiger partial charge on any atom is -0.495 e. The van der Waals surface area contributed by atoms with Gasteiger partial charge in [0.2, 0.25) is 5.91 Å². The first kappa shape index (κ1) is 19.4. The van der Waals surface area contributed by atoms with Crippen LogP contribution in [0, 0.1) is 6.92 Å². The summed E-state index contributed by atoms with van der Waals surface area (Å²) in [7, 11) is 1.52. The van der Waals surface area contributed by atoms with Crippen LogP contribution < -0.4 is 19.7 Å². The third kappa shape index (κ3) is 3.69. The van der Waals surface area contributed by atoms with Crippen molar-refractivity contribution in [2.45, 2.75) is 26.8 Å². The minimum absolute atomic E-state index is 0.137. The number of carbonyl (C=O) groups excluding carboxylic acids is 3. The SMILES string of the molecule is COc1ccc(C)cc1NC(=O)C(C)N1C(=O)COc2ccc(C(C)=O)cc21. The van der Waals surface area contributed by atoms with E-state index in [2.05, 4.69) is 5.32 Å². The first-order chi connectivity index (χ1) is 13.3. The first-order valence-electron chi connectivity index (χ1n) is 8.87. The van der Waals surface area contributed by atoms with Crippen molar-refractivity contribution in [1.82, 2.24) is 0 Å². The van der Waals surface area contributed by atoms with Gasteiger partial charge in [0.1, 0.15) is 17.5 Å². The Bertz CT molecular complexity index is 954. The second kappa shape index (κ2) is 7.72. The third-order valence-electron chi connectivity index (χ3n) is 4.62. The van der Waals surface area contributed by atoms with Crippen molar-refractivity contribution < 1.29 is 23.9 Å². The number of nitrogens with one attached hydrogen (secondary N) is 1. The number of carbonyl (C=O) groups is 3. The average molecular weight is 382 g/mol. The van der Waals surface area contributed by atoms with E-state index in [-0.39, 0.29) is 24.2 Å². The molecule has 1 atom stereocenters. The molecule has 146 valence electrons. The smallest absolute Gasteiger partial charge is 0.265 e. The summed E-state index contributed by atoms with van der Waals surface area (Å²) in [5.74, 6) is 0.115. The summed E-state index contributed by atoms with van der Waals surface area (Å²) >= 11 is 0. The van der Waals surface area contributed by atoms with Gasteiger partial charge in [-0.1, -0.05) is 6.07 Å². The fraction of sp³-hybridized carbons (Fsp3) is 0.286. The molecule has 2 amide bonds. The lowest BCUT2D eigenvalue weighted by molar-refractivity contribution is -0.125. The number of nitrogens with zero attached hydrogens (tertiary/aromatic N) is 1. The molecule has 1 heterocycles. The standard InChI is InChI=1S/C21H22N2O5/c1-12-5-7-18(27-4)16(9-12)22-21(26)13(2)23-17-10-15(14(3)24)6-8-19(17)28-11-20(23)25/h5-10,13H,11H2,1-4H3,(H,22,26). The number of hydrogen-bond donors (Lipinski definition) is 1. The Morgan fingerprint density at radius 1 is 1.21 bits per heavy atom. The highest BCUT2D eigenvalue weighted by atomic mass is 16.5. The molecule has 1 N–H and O–H groups in total. The molecule has 0 radical (unpaired) electrons. The summed E-state index contributed by atoms with van der Waals surface area (Å²) in [5.41, 5.74) is 2.33. The summed E-state index contributed by atoms with van der Waals surface area (Å²) < 4.78 is 10.7. The molecule has 0 aliphatic carbocycles. The van der Waals surface area contributed by atoms with Crippen LogP contribution in [0.5, 0.6) is 11.5 Å². The lowest BCUT2D eigenvalue weighted by atomic mass is 10.1. The van der Waals surface area contributed by atoms with Crippen LogP contribution >= 0.6 is 0 Å². The number of anilines is 2. The summed E-state index contributed by atoms with van der Waals surface area (Å²) in [4.78, 5) is 38.5. The quantitative estimate of drug-likeness (QED) is 0.804. The zero-order valence-electron chi connectivity index (χ0n) is 16.2. The molecule has 1 unspecified atom stereocenters. The van der Waals surface area contributed by atoms with Gasteiger partial charge in [0.25, 0.3) is 5.91 Å². The second-order valence-corrected chi connectivity index (χ2v) is 6.66. The zero-order valence-corrected chi connectivity index (χ0v) is 16.2. The minimum atomic E-state index is -0.817. The molecule has 0 aromatic heterocycles. The number of fused-ring (bicyclic) bond motifs is 1. The first-order valence-corrected chi connectivity index (χ1v) is 8.87. The lowest BCUT2D eigenvalue weighted by Gasteiger charge is -2.33. The van der Waals surface area contributed by atoms with E-state index in [1.807, 2.05) is 13.0 Å². The van der Waals surface area contributed by atoms with Crippen molar-refractivity contribution >= 4 is 29.0 Å². The van der Waals surface area contributed by atoms with E-state index in [4.69, 9.17) is 9.47 Å². The Morgan fingerprint density at radius 3 is 2.64 bits per heavy atom. The van der Waals surface area contributed by atoms with Gasteiger partial charge < -0.3 is 14.8 Å². The Kier molecular flexibility index (Phi) is 5.35. The molecule has 0 fully saturated rings. The number of ether oxygens (including phenoxy) is 2. The van der Waals surface area contributed by atoms with Gasteiger partial charge in [-0.05, 0) is 56.7 Å². The molecule has 0 saturated heterocycles. The maximum absolute atomic E-state index is 12.9. The Labute approximate surface area is 163 Å². The van der Waals surface area contributed by atoms with Crippen molar-refractivity contribution in [3.8, 4) is 11.5 Å². The molecule has 1 aliphatic rings. The number of amides is 2. The molecular weight excluding hydrogens is 360 g/mol. The van der Waals surface area contributed by atoms with Crippen LogP contribution in [0.1, 0.15) is 29.8 Å². The zero-order chi connectivity index (χ0) is 20.4. The van der Waals surface area contributed by atoms with E-state index in [1.54, 1.807) is 37.3 Å². The monoisotopic (exact) mass is 382 g/mol. The van der Waals surface area contributed by atoms with Gasteiger partial charge in [-0.3, -0.25) is 19.3 Å². The number of rotatable bonds is 5. The molecule has 2 aromatic carbocycles. The maximum Gasteiger partial charge on any atom is 0.265 e. The lowest BCUT2D eigenvalue weighted by Crippen LogP contribution is -2.49. The molecule has 28 heavy (non-hydrogen) atoms. The molecule has 0 bridgehead atoms. The molecular formula is C21H22N2O5. The Balaban J connectivity index is 1.92. The normalized spacial score (nSPS) is 14.0. The van der Waals surface area contributed by atoms with Crippen LogP contribution in [0.4, 0.5) is 11.4 Å². The summed E-state index contributed by atoms with van der Waals surface area (Å²) in [6.45, 7) is 4.81. The van der Waals surface area contributed by atoms with Crippen LogP contribution in [0.3, 0.4) is 0 Å². The van der Waals surface area contributed by atoms with Gasteiger partial charge in [-0.15, -0.1) is 0 Å². The van der Waals surface area contributed by atoms with Crippen molar-refractivity contribution in [3.63, 3.8) is 0 Å². The molecule has 3 rings (SSSR count). The average Bonchev–Trinajstić information content (AvgIpc) is 2.67. The molecule has 7 nitrogen and oxygen atoms in total. The van der Waals surface area contributed by atoms with Gasteiger partial charge in [-0.25, -0.2) is 0 Å². The number of aryl methyl sites for hydroxylation is 1. The van der Waals surface area contributed by atoms with Crippen LogP contribution in [-0.4, -0.2) is 37.4 Å². The van der Waals surface area contributed by atoms with Crippen molar-refractivity contribution in [1.29, 1.82) is 0 Å². The Morgan fingerprint density at radius 2 is 1.96 bits per heavy atom. The van der Waals surface area contributed by atoms with Gasteiger partial charge in [0.15, 0.2) is 12.4 Å². The van der Waals surface area contributed by atoms with Crippen LogP contribution in [-0.2, 0) is 9.59 Å². The van der Waals surface area contributed by atoms with Crippen LogP contribution in [0.2, 0.25) is 0 Å². The number of methoxy groups -OCH3 is 1. The molecule has 0 saturated carbocycles. The van der Waals surface area contributed by atoms with E-state index in [1.165, 1.54) is 18.9 Å². The van der Waals surface area contributed by atoms with Gasteiger partial charge in [0, 0.05) is 5.56 Å². The van der Waals surface area contributed by atoms with E-state index in [9.17, 15) is 14.4 Å². The highest BCUT2D eigenvalue weighted by Crippen LogP contribution is 2.35. The van der Waals surface area contributed by atoms with Gasteiger partial charge in [0.05, 0.1) is 18.5 Å². The van der Waals surface area contributed by atoms with E-state index in [0.717, 1.165) is 5.56 Å². The van der Waals surface area contributed by atoms with E-state index < -0.39 is 6.04 Å². The molecule has 2 aromatic rings. The van der Waals surface area contributed by atoms with E-state index in [0.29, 0.717) is 28.4 Å². The second-order valence-electron chi connectivity index (χ2n) is 6.66. The summed E-state index contributed by atoms with van der Waals surface area (Å²) in [6.07, 6.45) is 0. The van der Waals surface area contributed by atoms with Gasteiger partial charge >= 0.3 is 0 Å². The molecule has 0 spiro atoms. The summed E-state index contributed by atoms with van der Waals surface area (Å²) in [6, 6.07) is 9.48. The highest BCUT2D eigenvalue weighted by Gasteiger charge is 2.33. The largest absolute Gasteiger partial charge is 0.495 e. The number of benzene rings is 2. The summed E-state index contributed by atoms with van der Waals surface area (Å²) in [5, 5.41) is 2.82. The fourth-order valence-corrected chi connectivity index (χ4v) is 3.09. The number of ketones is 1. The maximum atomic E-state index is 12.9. The molecule has 7 heteroatoms.